The molecule has 0 aromatic rings. The number of carbonyl (C=O) groups is 1. The predicted molar refractivity (Wildman–Crippen MR) is 59.0 cm³/mol. The minimum absolute atomic E-state index is 0.290. The average molecular weight is 212 g/mol. The van der Waals surface area contributed by atoms with E-state index < -0.39 is 0 Å². The molecule has 0 aliphatic carbocycles. The molecule has 0 spiro atoms. The molecular formula is C10H16N2OS. The highest BCUT2D eigenvalue weighted by atomic mass is 32.1. The van der Waals surface area contributed by atoms with E-state index in [1.165, 1.54) is 12.8 Å². The number of hydrogen-bond acceptors (Lipinski definition) is 2. The van der Waals surface area contributed by atoms with Crippen LogP contribution in [0, 0.1) is 0 Å². The van der Waals surface area contributed by atoms with Crippen LogP contribution in [0.3, 0.4) is 0 Å². The van der Waals surface area contributed by atoms with Gasteiger partial charge in [-0.05, 0) is 25.7 Å². The van der Waals surface area contributed by atoms with Crippen molar-refractivity contribution >= 4 is 23.1 Å². The SMILES string of the molecule is O=C1CCCN1CN1CCCCC1=S. The van der Waals surface area contributed by atoms with E-state index in [1.807, 2.05) is 4.90 Å². The van der Waals surface area contributed by atoms with Gasteiger partial charge in [-0.2, -0.15) is 0 Å². The van der Waals surface area contributed by atoms with Gasteiger partial charge in [0.1, 0.15) is 0 Å². The number of thiocarbonyl (C=S) groups is 1. The number of hydrogen-bond donors (Lipinski definition) is 0. The standard InChI is InChI=1S/C10H16N2OS/c13-9-4-3-7-11(9)8-12-6-2-1-5-10(12)14/h1-8H2. The van der Waals surface area contributed by atoms with Crippen LogP contribution >= 0.6 is 12.2 Å². The summed E-state index contributed by atoms with van der Waals surface area (Å²) in [5, 5.41) is 0. The summed E-state index contributed by atoms with van der Waals surface area (Å²) < 4.78 is 0. The summed E-state index contributed by atoms with van der Waals surface area (Å²) in [5.74, 6) is 0.290. The Kier molecular flexibility index (Phi) is 3.01. The molecule has 2 heterocycles. The lowest BCUT2D eigenvalue weighted by Gasteiger charge is -2.32. The highest BCUT2D eigenvalue weighted by molar-refractivity contribution is 7.80. The van der Waals surface area contributed by atoms with E-state index in [1.54, 1.807) is 0 Å². The Morgan fingerprint density at radius 2 is 1.86 bits per heavy atom. The zero-order valence-electron chi connectivity index (χ0n) is 8.37. The zero-order valence-corrected chi connectivity index (χ0v) is 9.18. The lowest BCUT2D eigenvalue weighted by atomic mass is 10.1. The molecule has 2 rings (SSSR count). The minimum Gasteiger partial charge on any atom is -0.348 e. The van der Waals surface area contributed by atoms with Gasteiger partial charge in [0.05, 0.1) is 11.7 Å². The molecular weight excluding hydrogens is 196 g/mol. The first-order chi connectivity index (χ1) is 6.77. The van der Waals surface area contributed by atoms with E-state index in [4.69, 9.17) is 12.2 Å². The molecule has 2 aliphatic heterocycles. The lowest BCUT2D eigenvalue weighted by Crippen LogP contribution is -2.43. The largest absolute Gasteiger partial charge is 0.348 e. The van der Waals surface area contributed by atoms with Crippen molar-refractivity contribution in [2.75, 3.05) is 19.8 Å². The molecule has 2 fully saturated rings. The molecule has 14 heavy (non-hydrogen) atoms. The second-order valence-electron chi connectivity index (χ2n) is 4.02. The van der Waals surface area contributed by atoms with Gasteiger partial charge in [-0.1, -0.05) is 12.2 Å². The number of carbonyl (C=O) groups excluding carboxylic acids is 1. The second-order valence-corrected chi connectivity index (χ2v) is 4.49. The van der Waals surface area contributed by atoms with Crippen LogP contribution in [-0.2, 0) is 4.79 Å². The fourth-order valence-electron chi connectivity index (χ4n) is 2.07. The smallest absolute Gasteiger partial charge is 0.224 e. The predicted octanol–water partition coefficient (Wildman–Crippen LogP) is 1.38. The van der Waals surface area contributed by atoms with Gasteiger partial charge in [-0.15, -0.1) is 0 Å². The molecule has 0 atom stereocenters. The van der Waals surface area contributed by atoms with E-state index in [0.717, 1.165) is 44.0 Å². The highest BCUT2D eigenvalue weighted by Gasteiger charge is 2.24. The molecule has 0 aromatic heterocycles. The summed E-state index contributed by atoms with van der Waals surface area (Å²) in [4.78, 5) is 16.6. The molecule has 78 valence electrons. The van der Waals surface area contributed by atoms with Crippen LogP contribution in [0.4, 0.5) is 0 Å². The molecule has 4 heteroatoms. The fourth-order valence-corrected chi connectivity index (χ4v) is 2.36. The van der Waals surface area contributed by atoms with Crippen molar-refractivity contribution < 1.29 is 4.79 Å². The fraction of sp³-hybridized carbons (Fsp3) is 0.800. The van der Waals surface area contributed by atoms with Crippen LogP contribution in [0.15, 0.2) is 0 Å². The van der Waals surface area contributed by atoms with Gasteiger partial charge in [-0.3, -0.25) is 4.79 Å². The summed E-state index contributed by atoms with van der Waals surface area (Å²) in [6, 6.07) is 0. The van der Waals surface area contributed by atoms with Gasteiger partial charge in [-0.25, -0.2) is 0 Å². The molecule has 0 bridgehead atoms. The summed E-state index contributed by atoms with van der Waals surface area (Å²) in [6.45, 7) is 2.68. The van der Waals surface area contributed by atoms with E-state index in [9.17, 15) is 4.79 Å². The van der Waals surface area contributed by atoms with Gasteiger partial charge in [0.25, 0.3) is 0 Å². The maximum Gasteiger partial charge on any atom is 0.224 e. The second kappa shape index (κ2) is 4.26. The third-order valence-corrected chi connectivity index (χ3v) is 3.40. The average Bonchev–Trinajstić information content (AvgIpc) is 2.56. The van der Waals surface area contributed by atoms with Gasteiger partial charge in [0.2, 0.25) is 5.91 Å². The maximum atomic E-state index is 11.4. The van der Waals surface area contributed by atoms with Crippen molar-refractivity contribution in [1.82, 2.24) is 9.80 Å². The first kappa shape index (κ1) is 9.90. The minimum atomic E-state index is 0.290. The summed E-state index contributed by atoms with van der Waals surface area (Å²) in [6.07, 6.45) is 5.18. The van der Waals surface area contributed by atoms with Crippen molar-refractivity contribution in [2.24, 2.45) is 0 Å². The molecule has 3 nitrogen and oxygen atoms in total. The molecule has 0 unspecified atom stereocenters. The number of amides is 1. The van der Waals surface area contributed by atoms with Crippen LogP contribution in [0.2, 0.25) is 0 Å². The molecule has 0 radical (unpaired) electrons. The Bertz CT molecular complexity index is 255. The zero-order chi connectivity index (χ0) is 9.97. The van der Waals surface area contributed by atoms with Gasteiger partial charge in [0, 0.05) is 19.5 Å². The third kappa shape index (κ3) is 2.05. The number of rotatable bonds is 2. The quantitative estimate of drug-likeness (QED) is 0.646. The van der Waals surface area contributed by atoms with Gasteiger partial charge < -0.3 is 9.80 Å². The summed E-state index contributed by atoms with van der Waals surface area (Å²) in [7, 11) is 0. The lowest BCUT2D eigenvalue weighted by molar-refractivity contribution is -0.128. The highest BCUT2D eigenvalue weighted by Crippen LogP contribution is 2.15. The van der Waals surface area contributed by atoms with E-state index in [-0.39, 0.29) is 0 Å². The van der Waals surface area contributed by atoms with Crippen LogP contribution in [0.25, 0.3) is 0 Å². The van der Waals surface area contributed by atoms with Crippen LogP contribution in [0.5, 0.6) is 0 Å². The summed E-state index contributed by atoms with van der Waals surface area (Å²) >= 11 is 5.29. The molecule has 1 amide bonds. The molecule has 2 aliphatic rings. The molecule has 0 aromatic carbocycles. The van der Waals surface area contributed by atoms with Crippen molar-refractivity contribution in [3.8, 4) is 0 Å². The van der Waals surface area contributed by atoms with Crippen LogP contribution in [-0.4, -0.2) is 40.5 Å². The maximum absolute atomic E-state index is 11.4. The monoisotopic (exact) mass is 212 g/mol. The van der Waals surface area contributed by atoms with Gasteiger partial charge in [0.15, 0.2) is 0 Å². The topological polar surface area (TPSA) is 23.6 Å². The Morgan fingerprint density at radius 1 is 1.07 bits per heavy atom. The number of piperidine rings is 1. The van der Waals surface area contributed by atoms with Crippen LogP contribution in [0.1, 0.15) is 32.1 Å². The van der Waals surface area contributed by atoms with Crippen molar-refractivity contribution in [2.45, 2.75) is 32.1 Å². The Labute approximate surface area is 90.1 Å². The van der Waals surface area contributed by atoms with Crippen LogP contribution < -0.4 is 0 Å². The Balaban J connectivity index is 1.89. The Hall–Kier alpha value is -0.640. The number of nitrogens with zero attached hydrogens (tertiary/aromatic N) is 2. The van der Waals surface area contributed by atoms with Crippen molar-refractivity contribution in [3.63, 3.8) is 0 Å². The molecule has 0 saturated carbocycles. The van der Waals surface area contributed by atoms with E-state index >= 15 is 0 Å². The van der Waals surface area contributed by atoms with Crippen molar-refractivity contribution in [1.29, 1.82) is 0 Å². The molecule has 2 saturated heterocycles. The van der Waals surface area contributed by atoms with Crippen molar-refractivity contribution in [3.05, 3.63) is 0 Å². The first-order valence-electron chi connectivity index (χ1n) is 5.33. The van der Waals surface area contributed by atoms with E-state index in [0.29, 0.717) is 5.91 Å². The normalized spacial score (nSPS) is 23.4. The van der Waals surface area contributed by atoms with E-state index in [2.05, 4.69) is 4.90 Å². The summed E-state index contributed by atoms with van der Waals surface area (Å²) in [5.41, 5.74) is 0. The van der Waals surface area contributed by atoms with Gasteiger partial charge >= 0.3 is 0 Å². The number of likely N-dealkylation sites (tertiary alicyclic amines) is 2. The first-order valence-corrected chi connectivity index (χ1v) is 5.74. The third-order valence-electron chi connectivity index (χ3n) is 2.93. The molecule has 0 N–H and O–H groups in total. The Morgan fingerprint density at radius 3 is 2.50 bits per heavy atom.